The maximum Gasteiger partial charge on any atom is 0.242 e. The second-order valence-corrected chi connectivity index (χ2v) is 6.13. The number of hydrogen-bond acceptors (Lipinski definition) is 4. The Labute approximate surface area is 132 Å². The Bertz CT molecular complexity index is 550. The van der Waals surface area contributed by atoms with E-state index in [1.807, 2.05) is 30.9 Å². The molecule has 2 N–H and O–H groups in total. The van der Waals surface area contributed by atoms with E-state index in [-0.39, 0.29) is 5.91 Å². The van der Waals surface area contributed by atoms with Gasteiger partial charge in [0.1, 0.15) is 0 Å². The van der Waals surface area contributed by atoms with Gasteiger partial charge in [-0.05, 0) is 57.4 Å². The summed E-state index contributed by atoms with van der Waals surface area (Å²) >= 11 is 0. The fraction of sp³-hybridized carbons (Fsp3) is 0.588. The number of carbonyl (C=O) groups is 1. The molecular formula is C17H26N2O3. The topological polar surface area (TPSA) is 64.8 Å². The van der Waals surface area contributed by atoms with E-state index in [4.69, 9.17) is 15.2 Å². The fourth-order valence-corrected chi connectivity index (χ4v) is 2.68. The van der Waals surface area contributed by atoms with Crippen molar-refractivity contribution in [3.63, 3.8) is 0 Å². The number of nitrogens with zero attached hydrogens (tertiary/aromatic N) is 1. The second-order valence-electron chi connectivity index (χ2n) is 6.13. The van der Waals surface area contributed by atoms with Gasteiger partial charge in [-0.3, -0.25) is 4.79 Å². The van der Waals surface area contributed by atoms with Crippen LogP contribution in [0.2, 0.25) is 0 Å². The molecule has 0 aromatic heterocycles. The summed E-state index contributed by atoms with van der Waals surface area (Å²) < 4.78 is 11.3. The molecule has 1 heterocycles. The van der Waals surface area contributed by atoms with Gasteiger partial charge >= 0.3 is 0 Å². The summed E-state index contributed by atoms with van der Waals surface area (Å²) in [5.74, 6) is 1.50. The molecule has 22 heavy (non-hydrogen) atoms. The first-order chi connectivity index (χ1) is 10.4. The second kappa shape index (κ2) is 6.57. The number of carbonyl (C=O) groups excluding carboxylic acids is 1. The molecule has 0 bridgehead atoms. The molecule has 0 saturated heterocycles. The smallest absolute Gasteiger partial charge is 0.242 e. The van der Waals surface area contributed by atoms with Crippen molar-refractivity contribution in [1.29, 1.82) is 0 Å². The van der Waals surface area contributed by atoms with Gasteiger partial charge in [0.15, 0.2) is 11.5 Å². The Morgan fingerprint density at radius 2 is 1.73 bits per heavy atom. The largest absolute Gasteiger partial charge is 0.490 e. The Morgan fingerprint density at radius 3 is 2.23 bits per heavy atom. The van der Waals surface area contributed by atoms with Gasteiger partial charge in [0.05, 0.1) is 18.8 Å². The average molecular weight is 306 g/mol. The normalized spacial score (nSPS) is 14.5. The molecule has 2 rings (SSSR count). The highest BCUT2D eigenvalue weighted by molar-refractivity contribution is 5.85. The van der Waals surface area contributed by atoms with Crippen LogP contribution >= 0.6 is 0 Å². The lowest BCUT2D eigenvalue weighted by Crippen LogP contribution is -2.52. The SMILES string of the molecule is CCOc1cc2c(cc1OCC)CN(C(=O)C(C)(C)N)CC2. The van der Waals surface area contributed by atoms with Crippen molar-refractivity contribution in [3.05, 3.63) is 23.3 Å². The Kier molecular flexibility index (Phi) is 4.96. The van der Waals surface area contributed by atoms with E-state index < -0.39 is 5.54 Å². The standard InChI is InChI=1S/C17H26N2O3/c1-5-21-14-9-12-7-8-19(16(20)17(3,4)18)11-13(12)10-15(14)22-6-2/h9-10H,5-8,11,18H2,1-4H3. The van der Waals surface area contributed by atoms with E-state index in [1.165, 1.54) is 5.56 Å². The monoisotopic (exact) mass is 306 g/mol. The zero-order valence-electron chi connectivity index (χ0n) is 13.9. The lowest BCUT2D eigenvalue weighted by Gasteiger charge is -2.34. The van der Waals surface area contributed by atoms with E-state index >= 15 is 0 Å². The highest BCUT2D eigenvalue weighted by Crippen LogP contribution is 2.34. The van der Waals surface area contributed by atoms with E-state index in [2.05, 4.69) is 0 Å². The van der Waals surface area contributed by atoms with Crippen molar-refractivity contribution < 1.29 is 14.3 Å². The van der Waals surface area contributed by atoms with Gasteiger partial charge in [-0.25, -0.2) is 0 Å². The number of hydrogen-bond donors (Lipinski definition) is 1. The van der Waals surface area contributed by atoms with E-state index in [0.717, 1.165) is 23.5 Å². The maximum absolute atomic E-state index is 12.4. The zero-order valence-corrected chi connectivity index (χ0v) is 13.9. The Balaban J connectivity index is 2.27. The predicted octanol–water partition coefficient (Wildman–Crippen LogP) is 2.11. The van der Waals surface area contributed by atoms with Gasteiger partial charge in [-0.2, -0.15) is 0 Å². The van der Waals surface area contributed by atoms with E-state index in [9.17, 15) is 4.79 Å². The van der Waals surface area contributed by atoms with E-state index in [1.54, 1.807) is 13.8 Å². The van der Waals surface area contributed by atoms with Crippen LogP contribution in [-0.2, 0) is 17.8 Å². The van der Waals surface area contributed by atoms with Crippen LogP contribution in [-0.4, -0.2) is 36.1 Å². The summed E-state index contributed by atoms with van der Waals surface area (Å²) in [5.41, 5.74) is 7.41. The molecule has 1 amide bonds. The number of rotatable bonds is 5. The molecule has 0 saturated carbocycles. The van der Waals surface area contributed by atoms with Gasteiger partial charge in [0, 0.05) is 13.1 Å². The Morgan fingerprint density at radius 1 is 1.18 bits per heavy atom. The van der Waals surface area contributed by atoms with Crippen LogP contribution in [0.1, 0.15) is 38.8 Å². The molecule has 1 aromatic rings. The molecule has 122 valence electrons. The molecule has 1 aromatic carbocycles. The van der Waals surface area contributed by atoms with Gasteiger partial charge in [0.2, 0.25) is 5.91 Å². The minimum atomic E-state index is -0.842. The van der Waals surface area contributed by atoms with E-state index in [0.29, 0.717) is 26.3 Å². The third-order valence-corrected chi connectivity index (χ3v) is 3.72. The lowest BCUT2D eigenvalue weighted by atomic mass is 9.96. The molecule has 0 atom stereocenters. The molecular weight excluding hydrogens is 280 g/mol. The summed E-state index contributed by atoms with van der Waals surface area (Å²) in [6.07, 6.45) is 0.809. The molecule has 1 aliphatic rings. The molecule has 5 heteroatoms. The Hall–Kier alpha value is -1.75. The van der Waals surface area contributed by atoms with Crippen molar-refractivity contribution in [2.75, 3.05) is 19.8 Å². The number of fused-ring (bicyclic) bond motifs is 1. The maximum atomic E-state index is 12.4. The van der Waals surface area contributed by atoms with Crippen LogP contribution in [0.25, 0.3) is 0 Å². The number of ether oxygens (including phenoxy) is 2. The summed E-state index contributed by atoms with van der Waals surface area (Å²) in [6, 6.07) is 4.03. The average Bonchev–Trinajstić information content (AvgIpc) is 2.46. The highest BCUT2D eigenvalue weighted by Gasteiger charge is 2.30. The van der Waals surface area contributed by atoms with Gasteiger partial charge < -0.3 is 20.1 Å². The van der Waals surface area contributed by atoms with Crippen LogP contribution in [0.15, 0.2) is 12.1 Å². The molecule has 0 radical (unpaired) electrons. The first-order valence-corrected chi connectivity index (χ1v) is 7.86. The molecule has 1 aliphatic heterocycles. The molecule has 0 spiro atoms. The summed E-state index contributed by atoms with van der Waals surface area (Å²) in [5, 5.41) is 0. The summed E-state index contributed by atoms with van der Waals surface area (Å²) in [7, 11) is 0. The van der Waals surface area contributed by atoms with Crippen molar-refractivity contribution in [1.82, 2.24) is 4.90 Å². The quantitative estimate of drug-likeness (QED) is 0.905. The first-order valence-electron chi connectivity index (χ1n) is 7.86. The number of benzene rings is 1. The molecule has 0 fully saturated rings. The third-order valence-electron chi connectivity index (χ3n) is 3.72. The van der Waals surface area contributed by atoms with Gasteiger partial charge in [-0.15, -0.1) is 0 Å². The van der Waals surface area contributed by atoms with Crippen LogP contribution < -0.4 is 15.2 Å². The summed E-state index contributed by atoms with van der Waals surface area (Å²) in [6.45, 7) is 9.83. The highest BCUT2D eigenvalue weighted by atomic mass is 16.5. The molecule has 0 unspecified atom stereocenters. The van der Waals surface area contributed by atoms with Gasteiger partial charge in [-0.1, -0.05) is 0 Å². The van der Waals surface area contributed by atoms with Crippen molar-refractivity contribution in [2.45, 2.75) is 46.2 Å². The number of amides is 1. The van der Waals surface area contributed by atoms with Crippen LogP contribution in [0, 0.1) is 0 Å². The first kappa shape index (κ1) is 16.6. The van der Waals surface area contributed by atoms with Crippen LogP contribution in [0.5, 0.6) is 11.5 Å². The van der Waals surface area contributed by atoms with Crippen LogP contribution in [0.3, 0.4) is 0 Å². The summed E-state index contributed by atoms with van der Waals surface area (Å²) in [4.78, 5) is 14.2. The van der Waals surface area contributed by atoms with Gasteiger partial charge in [0.25, 0.3) is 0 Å². The third kappa shape index (κ3) is 3.53. The fourth-order valence-electron chi connectivity index (χ4n) is 2.68. The number of nitrogens with two attached hydrogens (primary N) is 1. The van der Waals surface area contributed by atoms with Crippen LogP contribution in [0.4, 0.5) is 0 Å². The molecule has 0 aliphatic carbocycles. The predicted molar refractivity (Wildman–Crippen MR) is 86.2 cm³/mol. The minimum Gasteiger partial charge on any atom is -0.490 e. The van der Waals surface area contributed by atoms with Crippen molar-refractivity contribution >= 4 is 5.91 Å². The molecule has 5 nitrogen and oxygen atoms in total. The minimum absolute atomic E-state index is 0.0232. The van der Waals surface area contributed by atoms with Crippen molar-refractivity contribution in [3.8, 4) is 11.5 Å². The lowest BCUT2D eigenvalue weighted by molar-refractivity contribution is -0.136. The zero-order chi connectivity index (χ0) is 16.3. The van der Waals surface area contributed by atoms with Crippen molar-refractivity contribution in [2.24, 2.45) is 5.73 Å².